The van der Waals surface area contributed by atoms with Gasteiger partial charge in [0, 0.05) is 18.5 Å². The third kappa shape index (κ3) is 3.94. The molecule has 0 saturated carbocycles. The van der Waals surface area contributed by atoms with Gasteiger partial charge < -0.3 is 5.32 Å². The van der Waals surface area contributed by atoms with Crippen LogP contribution in [0.2, 0.25) is 0 Å². The minimum absolute atomic E-state index is 0.00603. The van der Waals surface area contributed by atoms with Crippen LogP contribution in [0.4, 0.5) is 5.69 Å². The maximum Gasteiger partial charge on any atom is 0.224 e. The Morgan fingerprint density at radius 1 is 1.62 bits per heavy atom. The third-order valence-corrected chi connectivity index (χ3v) is 1.84. The summed E-state index contributed by atoms with van der Waals surface area (Å²) < 4.78 is 0. The van der Waals surface area contributed by atoms with Crippen molar-refractivity contribution in [3.05, 3.63) is 12.4 Å². The lowest BCUT2D eigenvalue weighted by atomic mass is 10.2. The number of amides is 1. The average molecular weight is 202 g/mol. The van der Waals surface area contributed by atoms with Crippen molar-refractivity contribution in [3.8, 4) is 0 Å². The Bertz CT molecular complexity index is 248. The number of hydrogen-bond acceptors (Lipinski definition) is 2. The van der Waals surface area contributed by atoms with Gasteiger partial charge in [0.15, 0.2) is 0 Å². The Labute approximate surface area is 81.7 Å². The number of anilines is 1. The molecule has 5 heteroatoms. The largest absolute Gasteiger partial charge is 0.323 e. The van der Waals surface area contributed by atoms with Gasteiger partial charge in [0.2, 0.25) is 5.91 Å². The summed E-state index contributed by atoms with van der Waals surface area (Å²) >= 11 is 5.48. The molecule has 1 heterocycles. The van der Waals surface area contributed by atoms with Crippen LogP contribution in [-0.2, 0) is 4.79 Å². The van der Waals surface area contributed by atoms with Crippen molar-refractivity contribution in [1.29, 1.82) is 0 Å². The van der Waals surface area contributed by atoms with Crippen molar-refractivity contribution in [2.24, 2.45) is 0 Å². The summed E-state index contributed by atoms with van der Waals surface area (Å²) in [6.45, 7) is 0. The maximum atomic E-state index is 11.2. The zero-order chi connectivity index (χ0) is 9.52. The summed E-state index contributed by atoms with van der Waals surface area (Å²) in [7, 11) is 0. The van der Waals surface area contributed by atoms with Gasteiger partial charge in [-0.05, 0) is 12.8 Å². The molecule has 1 aromatic rings. The van der Waals surface area contributed by atoms with Crippen LogP contribution in [0.25, 0.3) is 0 Å². The molecule has 1 rings (SSSR count). The number of aromatic nitrogens is 2. The number of alkyl halides is 1. The fourth-order valence-corrected chi connectivity index (χ4v) is 1.11. The van der Waals surface area contributed by atoms with E-state index in [2.05, 4.69) is 15.5 Å². The van der Waals surface area contributed by atoms with Crippen LogP contribution >= 0.6 is 11.6 Å². The van der Waals surface area contributed by atoms with Gasteiger partial charge in [0.05, 0.1) is 11.9 Å². The Morgan fingerprint density at radius 2 is 2.46 bits per heavy atom. The highest BCUT2D eigenvalue weighted by Crippen LogP contribution is 2.04. The van der Waals surface area contributed by atoms with E-state index in [1.807, 2.05) is 0 Å². The lowest BCUT2D eigenvalue weighted by molar-refractivity contribution is -0.116. The predicted molar refractivity (Wildman–Crippen MR) is 51.8 cm³/mol. The molecule has 0 aromatic carbocycles. The zero-order valence-corrected chi connectivity index (χ0v) is 7.97. The molecule has 0 fully saturated rings. The van der Waals surface area contributed by atoms with Crippen LogP contribution in [-0.4, -0.2) is 22.0 Å². The van der Waals surface area contributed by atoms with E-state index in [1.54, 1.807) is 12.4 Å². The van der Waals surface area contributed by atoms with Gasteiger partial charge in [-0.3, -0.25) is 9.89 Å². The second-order valence-corrected chi connectivity index (χ2v) is 3.06. The van der Waals surface area contributed by atoms with E-state index in [1.165, 1.54) is 0 Å². The molecule has 0 saturated heterocycles. The van der Waals surface area contributed by atoms with E-state index < -0.39 is 0 Å². The molecule has 4 nitrogen and oxygen atoms in total. The number of aromatic amines is 1. The standard InChI is InChI=1S/C8H12ClN3O/c9-4-2-1-3-8(13)12-7-5-10-11-6-7/h5-6H,1-4H2,(H,10,11)(H,12,13). The van der Waals surface area contributed by atoms with Crippen LogP contribution in [0.3, 0.4) is 0 Å². The Morgan fingerprint density at radius 3 is 3.08 bits per heavy atom. The van der Waals surface area contributed by atoms with E-state index in [0.717, 1.165) is 12.8 Å². The van der Waals surface area contributed by atoms with Crippen LogP contribution in [0.5, 0.6) is 0 Å². The van der Waals surface area contributed by atoms with Crippen molar-refractivity contribution in [2.45, 2.75) is 19.3 Å². The summed E-state index contributed by atoms with van der Waals surface area (Å²) in [5, 5.41) is 9.03. The molecule has 0 spiro atoms. The molecule has 0 unspecified atom stereocenters. The SMILES string of the molecule is O=C(CCCCCl)Nc1cn[nH]c1. The highest BCUT2D eigenvalue weighted by Gasteiger charge is 2.01. The number of unbranched alkanes of at least 4 members (excludes halogenated alkanes) is 1. The first-order valence-electron chi connectivity index (χ1n) is 4.17. The van der Waals surface area contributed by atoms with Gasteiger partial charge in [0.25, 0.3) is 0 Å². The fourth-order valence-electron chi connectivity index (χ4n) is 0.923. The zero-order valence-electron chi connectivity index (χ0n) is 7.22. The summed E-state index contributed by atoms with van der Waals surface area (Å²) in [4.78, 5) is 11.2. The molecule has 0 aliphatic carbocycles. The van der Waals surface area contributed by atoms with Gasteiger partial charge in [-0.15, -0.1) is 11.6 Å². The van der Waals surface area contributed by atoms with Crippen molar-refractivity contribution < 1.29 is 4.79 Å². The van der Waals surface area contributed by atoms with E-state index in [4.69, 9.17) is 11.6 Å². The minimum Gasteiger partial charge on any atom is -0.323 e. The van der Waals surface area contributed by atoms with Crippen LogP contribution in [0.1, 0.15) is 19.3 Å². The first-order chi connectivity index (χ1) is 6.33. The lowest BCUT2D eigenvalue weighted by Crippen LogP contribution is -2.10. The van der Waals surface area contributed by atoms with Crippen LogP contribution in [0.15, 0.2) is 12.4 Å². The van der Waals surface area contributed by atoms with Gasteiger partial charge in [-0.1, -0.05) is 0 Å². The predicted octanol–water partition coefficient (Wildman–Crippen LogP) is 1.76. The van der Waals surface area contributed by atoms with Gasteiger partial charge >= 0.3 is 0 Å². The quantitative estimate of drug-likeness (QED) is 0.564. The molecule has 13 heavy (non-hydrogen) atoms. The molecule has 1 amide bonds. The molecule has 1 aromatic heterocycles. The van der Waals surface area contributed by atoms with Gasteiger partial charge in [0.1, 0.15) is 0 Å². The normalized spacial score (nSPS) is 9.92. The highest BCUT2D eigenvalue weighted by molar-refractivity contribution is 6.17. The van der Waals surface area contributed by atoms with Crippen molar-refractivity contribution >= 4 is 23.2 Å². The van der Waals surface area contributed by atoms with Crippen molar-refractivity contribution in [1.82, 2.24) is 10.2 Å². The fraction of sp³-hybridized carbons (Fsp3) is 0.500. The molecule has 72 valence electrons. The van der Waals surface area contributed by atoms with E-state index in [9.17, 15) is 4.79 Å². The smallest absolute Gasteiger partial charge is 0.224 e. The molecule has 0 atom stereocenters. The average Bonchev–Trinajstić information content (AvgIpc) is 2.57. The second-order valence-electron chi connectivity index (χ2n) is 2.68. The minimum atomic E-state index is 0.00603. The molecule has 2 N–H and O–H groups in total. The summed E-state index contributed by atoms with van der Waals surface area (Å²) in [6.07, 6.45) is 5.42. The van der Waals surface area contributed by atoms with E-state index >= 15 is 0 Å². The van der Waals surface area contributed by atoms with Crippen LogP contribution < -0.4 is 5.32 Å². The van der Waals surface area contributed by atoms with E-state index in [-0.39, 0.29) is 5.91 Å². The number of rotatable bonds is 5. The summed E-state index contributed by atoms with van der Waals surface area (Å²) in [5.74, 6) is 0.616. The maximum absolute atomic E-state index is 11.2. The number of carbonyl (C=O) groups excluding carboxylic acids is 1. The van der Waals surface area contributed by atoms with Gasteiger partial charge in [-0.25, -0.2) is 0 Å². The number of halogens is 1. The third-order valence-electron chi connectivity index (χ3n) is 1.57. The molecule has 0 aliphatic heterocycles. The van der Waals surface area contributed by atoms with Crippen LogP contribution in [0, 0.1) is 0 Å². The topological polar surface area (TPSA) is 57.8 Å². The Balaban J connectivity index is 2.18. The summed E-state index contributed by atoms with van der Waals surface area (Å²) in [6, 6.07) is 0. The molecule has 0 aliphatic rings. The Kier molecular flexibility index (Phi) is 4.32. The lowest BCUT2D eigenvalue weighted by Gasteiger charge is -2.00. The van der Waals surface area contributed by atoms with Crippen molar-refractivity contribution in [2.75, 3.05) is 11.2 Å². The first-order valence-corrected chi connectivity index (χ1v) is 4.71. The molecular weight excluding hydrogens is 190 g/mol. The second kappa shape index (κ2) is 5.59. The molecular formula is C8H12ClN3O. The number of nitrogens with zero attached hydrogens (tertiary/aromatic N) is 1. The number of H-pyrrole nitrogens is 1. The summed E-state index contributed by atoms with van der Waals surface area (Å²) in [5.41, 5.74) is 0.705. The monoisotopic (exact) mass is 201 g/mol. The Hall–Kier alpha value is -1.03. The van der Waals surface area contributed by atoms with Gasteiger partial charge in [-0.2, -0.15) is 5.10 Å². The number of carbonyl (C=O) groups is 1. The highest BCUT2D eigenvalue weighted by atomic mass is 35.5. The first kappa shape index (κ1) is 10.1. The molecule has 0 radical (unpaired) electrons. The number of hydrogen-bond donors (Lipinski definition) is 2. The van der Waals surface area contributed by atoms with Crippen molar-refractivity contribution in [3.63, 3.8) is 0 Å². The number of nitrogens with one attached hydrogen (secondary N) is 2. The van der Waals surface area contributed by atoms with E-state index in [0.29, 0.717) is 18.0 Å². The molecule has 0 bridgehead atoms.